The average molecular weight is 302 g/mol. The van der Waals surface area contributed by atoms with E-state index in [0.717, 1.165) is 10.8 Å². The fourth-order valence-corrected chi connectivity index (χ4v) is 2.17. The van der Waals surface area contributed by atoms with Gasteiger partial charge in [-0.1, -0.05) is 0 Å². The van der Waals surface area contributed by atoms with Crippen molar-refractivity contribution in [2.45, 2.75) is 0 Å². The van der Waals surface area contributed by atoms with E-state index in [-0.39, 0.29) is 16.9 Å². The maximum Gasteiger partial charge on any atom is 0.332 e. The first-order chi connectivity index (χ1) is 10.4. The average Bonchev–Trinajstić information content (AvgIpc) is 2.96. The molecule has 0 atom stereocenters. The van der Waals surface area contributed by atoms with Crippen LogP contribution in [0.15, 0.2) is 34.2 Å². The van der Waals surface area contributed by atoms with E-state index in [1.165, 1.54) is 41.7 Å². The summed E-state index contributed by atoms with van der Waals surface area (Å²) in [5, 5.41) is 10.6. The van der Waals surface area contributed by atoms with Crippen LogP contribution in [0, 0.1) is 10.1 Å². The standard InChI is InChI=1S/C12H10N6O4/c1-15-10-9(11(19)16(2)12(15)20)14-6-17(10)8-4-3-7(5-13-8)18(21)22/h3-6H,1-2H3. The number of nitrogens with zero attached hydrogens (tertiary/aromatic N) is 6. The molecular formula is C12H10N6O4. The lowest BCUT2D eigenvalue weighted by Gasteiger charge is -2.07. The summed E-state index contributed by atoms with van der Waals surface area (Å²) >= 11 is 0. The molecule has 0 N–H and O–H groups in total. The van der Waals surface area contributed by atoms with Crippen molar-refractivity contribution < 1.29 is 4.92 Å². The van der Waals surface area contributed by atoms with Crippen LogP contribution in [-0.2, 0) is 14.1 Å². The van der Waals surface area contributed by atoms with Crippen LogP contribution < -0.4 is 11.2 Å². The number of nitro groups is 1. The molecule has 3 aromatic rings. The van der Waals surface area contributed by atoms with Gasteiger partial charge in [0.1, 0.15) is 18.3 Å². The fourth-order valence-electron chi connectivity index (χ4n) is 2.17. The van der Waals surface area contributed by atoms with E-state index in [1.54, 1.807) is 0 Å². The monoisotopic (exact) mass is 302 g/mol. The number of aromatic nitrogens is 5. The van der Waals surface area contributed by atoms with Gasteiger partial charge in [-0.25, -0.2) is 14.8 Å². The number of hydrogen-bond donors (Lipinski definition) is 0. The first-order valence-electron chi connectivity index (χ1n) is 6.15. The Morgan fingerprint density at radius 2 is 1.86 bits per heavy atom. The van der Waals surface area contributed by atoms with E-state index in [4.69, 9.17) is 0 Å². The summed E-state index contributed by atoms with van der Waals surface area (Å²) in [4.78, 5) is 42.1. The molecule has 0 saturated carbocycles. The minimum Gasteiger partial charge on any atom is -0.280 e. The van der Waals surface area contributed by atoms with Gasteiger partial charge in [-0.2, -0.15) is 0 Å². The Morgan fingerprint density at radius 3 is 2.45 bits per heavy atom. The van der Waals surface area contributed by atoms with Gasteiger partial charge in [0.05, 0.1) is 4.92 Å². The van der Waals surface area contributed by atoms with Crippen LogP contribution in [0.3, 0.4) is 0 Å². The molecule has 10 nitrogen and oxygen atoms in total. The summed E-state index contributed by atoms with van der Waals surface area (Å²) < 4.78 is 3.66. The molecule has 3 heterocycles. The highest BCUT2D eigenvalue weighted by Crippen LogP contribution is 2.15. The van der Waals surface area contributed by atoms with Crippen LogP contribution in [0.25, 0.3) is 17.0 Å². The summed E-state index contributed by atoms with van der Waals surface area (Å²) in [6.45, 7) is 0. The molecule has 10 heteroatoms. The molecule has 0 aliphatic rings. The summed E-state index contributed by atoms with van der Waals surface area (Å²) in [6.07, 6.45) is 2.44. The van der Waals surface area contributed by atoms with Crippen molar-refractivity contribution in [3.05, 3.63) is 55.6 Å². The zero-order valence-electron chi connectivity index (χ0n) is 11.6. The topological polar surface area (TPSA) is 118 Å². The summed E-state index contributed by atoms with van der Waals surface area (Å²) in [6, 6.07) is 2.70. The molecule has 0 fully saturated rings. The second-order valence-corrected chi connectivity index (χ2v) is 4.62. The van der Waals surface area contributed by atoms with Gasteiger partial charge in [0.2, 0.25) is 0 Å². The molecule has 0 aromatic carbocycles. The lowest BCUT2D eigenvalue weighted by molar-refractivity contribution is -0.385. The minimum absolute atomic E-state index is 0.116. The molecule has 0 unspecified atom stereocenters. The Balaban J connectivity index is 2.31. The van der Waals surface area contributed by atoms with Gasteiger partial charge in [0, 0.05) is 20.2 Å². The maximum absolute atomic E-state index is 12.1. The molecule has 3 rings (SSSR count). The van der Waals surface area contributed by atoms with Gasteiger partial charge in [-0.05, 0) is 6.07 Å². The number of pyridine rings is 1. The minimum atomic E-state index is -0.561. The Bertz CT molecular complexity index is 1010. The fraction of sp³-hybridized carbons (Fsp3) is 0.167. The van der Waals surface area contributed by atoms with E-state index >= 15 is 0 Å². The van der Waals surface area contributed by atoms with Gasteiger partial charge >= 0.3 is 5.69 Å². The molecule has 22 heavy (non-hydrogen) atoms. The van der Waals surface area contributed by atoms with Crippen molar-refractivity contribution >= 4 is 16.9 Å². The van der Waals surface area contributed by atoms with Gasteiger partial charge in [0.25, 0.3) is 11.2 Å². The number of rotatable bonds is 2. The highest BCUT2D eigenvalue weighted by molar-refractivity contribution is 5.72. The molecule has 0 amide bonds. The van der Waals surface area contributed by atoms with Crippen molar-refractivity contribution in [2.75, 3.05) is 0 Å². The van der Waals surface area contributed by atoms with Gasteiger partial charge in [-0.15, -0.1) is 0 Å². The number of imidazole rings is 1. The number of hydrogen-bond acceptors (Lipinski definition) is 6. The predicted octanol–water partition coefficient (Wildman–Crippen LogP) is -0.274. The molecule has 0 bridgehead atoms. The van der Waals surface area contributed by atoms with E-state index in [0.29, 0.717) is 5.82 Å². The van der Waals surface area contributed by atoms with Crippen LogP contribution in [0.4, 0.5) is 5.69 Å². The van der Waals surface area contributed by atoms with E-state index < -0.39 is 16.2 Å². The Labute approximate surface area is 122 Å². The van der Waals surface area contributed by atoms with Crippen LogP contribution in [0.1, 0.15) is 0 Å². The lowest BCUT2D eigenvalue weighted by atomic mass is 10.4. The zero-order chi connectivity index (χ0) is 16.0. The van der Waals surface area contributed by atoms with E-state index in [2.05, 4.69) is 9.97 Å². The van der Waals surface area contributed by atoms with Gasteiger partial charge in [0.15, 0.2) is 11.2 Å². The largest absolute Gasteiger partial charge is 0.332 e. The van der Waals surface area contributed by atoms with Crippen LogP contribution in [0.2, 0.25) is 0 Å². The van der Waals surface area contributed by atoms with Gasteiger partial charge < -0.3 is 0 Å². The first kappa shape index (κ1) is 13.7. The Hall–Kier alpha value is -3.30. The normalized spacial score (nSPS) is 11.0. The van der Waals surface area contributed by atoms with Crippen LogP contribution >= 0.6 is 0 Å². The predicted molar refractivity (Wildman–Crippen MR) is 76.0 cm³/mol. The molecule has 0 aliphatic heterocycles. The summed E-state index contributed by atoms with van der Waals surface area (Å²) in [7, 11) is 2.88. The third-order valence-corrected chi connectivity index (χ3v) is 3.33. The molecule has 112 valence electrons. The van der Waals surface area contributed by atoms with Crippen molar-refractivity contribution in [2.24, 2.45) is 14.1 Å². The molecule has 0 aliphatic carbocycles. The Kier molecular flexibility index (Phi) is 2.87. The van der Waals surface area contributed by atoms with Crippen molar-refractivity contribution in [1.29, 1.82) is 0 Å². The quantitative estimate of drug-likeness (QED) is 0.475. The molecule has 0 saturated heterocycles. The van der Waals surface area contributed by atoms with Crippen molar-refractivity contribution in [3.63, 3.8) is 0 Å². The smallest absolute Gasteiger partial charge is 0.280 e. The molecule has 3 aromatic heterocycles. The highest BCUT2D eigenvalue weighted by atomic mass is 16.6. The van der Waals surface area contributed by atoms with Crippen LogP contribution in [0.5, 0.6) is 0 Å². The first-order valence-corrected chi connectivity index (χ1v) is 6.15. The third-order valence-electron chi connectivity index (χ3n) is 3.33. The third kappa shape index (κ3) is 1.81. The highest BCUT2D eigenvalue weighted by Gasteiger charge is 2.16. The summed E-state index contributed by atoms with van der Waals surface area (Å²) in [5.41, 5.74) is -0.780. The van der Waals surface area contributed by atoms with Crippen molar-refractivity contribution in [1.82, 2.24) is 23.7 Å². The molecule has 0 radical (unpaired) electrons. The molecular weight excluding hydrogens is 292 g/mol. The van der Waals surface area contributed by atoms with E-state index in [1.807, 2.05) is 0 Å². The lowest BCUT2D eigenvalue weighted by Crippen LogP contribution is -2.37. The molecule has 0 spiro atoms. The second kappa shape index (κ2) is 4.62. The van der Waals surface area contributed by atoms with Crippen molar-refractivity contribution in [3.8, 4) is 5.82 Å². The number of fused-ring (bicyclic) bond motifs is 1. The summed E-state index contributed by atoms with van der Waals surface area (Å²) in [5.74, 6) is 0.316. The maximum atomic E-state index is 12.1. The Morgan fingerprint density at radius 1 is 1.14 bits per heavy atom. The number of aryl methyl sites for hydroxylation is 1. The SMILES string of the molecule is Cn1c(=O)c2ncn(-c3ccc([N+](=O)[O-])cn3)c2n(C)c1=O. The van der Waals surface area contributed by atoms with Gasteiger partial charge in [-0.3, -0.25) is 28.6 Å². The van der Waals surface area contributed by atoms with Crippen LogP contribution in [-0.4, -0.2) is 28.6 Å². The second-order valence-electron chi connectivity index (χ2n) is 4.62. The zero-order valence-corrected chi connectivity index (χ0v) is 11.6. The van der Waals surface area contributed by atoms with E-state index in [9.17, 15) is 19.7 Å².